The monoisotopic (exact) mass is 240 g/mol. The van der Waals surface area contributed by atoms with Gasteiger partial charge >= 0.3 is 0 Å². The average molecular weight is 240 g/mol. The molecule has 94 valence electrons. The van der Waals surface area contributed by atoms with Crippen LogP contribution in [0, 0.1) is 5.92 Å². The fraction of sp³-hybridized carbons (Fsp3) is 0.538. The number of likely N-dealkylation sites (tertiary alicyclic amines) is 1. The summed E-state index contributed by atoms with van der Waals surface area (Å²) in [6, 6.07) is 6.78. The molecule has 1 saturated heterocycles. The summed E-state index contributed by atoms with van der Waals surface area (Å²) in [5, 5.41) is 0. The van der Waals surface area contributed by atoms with Gasteiger partial charge in [-0.2, -0.15) is 0 Å². The largest absolute Gasteiger partial charge is 0.326 e. The Kier molecular flexibility index (Phi) is 3.74. The molecule has 0 aliphatic carbocycles. The summed E-state index contributed by atoms with van der Waals surface area (Å²) in [6.07, 6.45) is -2.38. The lowest BCUT2D eigenvalue weighted by molar-refractivity contribution is 0.151. The number of benzene rings is 1. The highest BCUT2D eigenvalue weighted by Gasteiger charge is 2.26. The Morgan fingerprint density at radius 1 is 1.29 bits per heavy atom. The van der Waals surface area contributed by atoms with Gasteiger partial charge in [0, 0.05) is 31.2 Å². The minimum atomic E-state index is -2.38. The second-order valence-corrected chi connectivity index (χ2v) is 4.88. The molecule has 2 atom stereocenters. The maximum atomic E-state index is 12.4. The normalized spacial score (nSPS) is 25.7. The molecule has 1 aliphatic heterocycles. The van der Waals surface area contributed by atoms with Crippen LogP contribution < -0.4 is 5.73 Å². The zero-order chi connectivity index (χ0) is 12.4. The number of nitrogens with two attached hydrogens (primary N) is 1. The van der Waals surface area contributed by atoms with Crippen LogP contribution in [0.15, 0.2) is 24.3 Å². The third-order valence-electron chi connectivity index (χ3n) is 3.38. The Bertz CT molecular complexity index is 354. The van der Waals surface area contributed by atoms with Gasteiger partial charge < -0.3 is 5.73 Å². The second-order valence-electron chi connectivity index (χ2n) is 4.88. The highest BCUT2D eigenvalue weighted by molar-refractivity contribution is 5.23. The SMILES string of the molecule is CC1CN(Cc2ccc(C(F)F)cc2)CC1N. The lowest BCUT2D eigenvalue weighted by Gasteiger charge is -2.15. The molecular weight excluding hydrogens is 222 g/mol. The Balaban J connectivity index is 1.95. The first kappa shape index (κ1) is 12.5. The number of rotatable bonds is 3. The van der Waals surface area contributed by atoms with Crippen molar-refractivity contribution < 1.29 is 8.78 Å². The van der Waals surface area contributed by atoms with E-state index in [-0.39, 0.29) is 11.6 Å². The van der Waals surface area contributed by atoms with Crippen LogP contribution in [-0.4, -0.2) is 24.0 Å². The minimum Gasteiger partial charge on any atom is -0.326 e. The van der Waals surface area contributed by atoms with E-state index in [1.54, 1.807) is 12.1 Å². The molecule has 1 aromatic carbocycles. The molecule has 0 bridgehead atoms. The minimum absolute atomic E-state index is 0.0836. The van der Waals surface area contributed by atoms with Gasteiger partial charge in [-0.05, 0) is 11.5 Å². The zero-order valence-electron chi connectivity index (χ0n) is 9.94. The average Bonchev–Trinajstić information content (AvgIpc) is 2.58. The van der Waals surface area contributed by atoms with Crippen molar-refractivity contribution in [3.05, 3.63) is 35.4 Å². The van der Waals surface area contributed by atoms with Crippen molar-refractivity contribution >= 4 is 0 Å². The van der Waals surface area contributed by atoms with Gasteiger partial charge in [0.05, 0.1) is 0 Å². The molecule has 2 rings (SSSR count). The highest BCUT2D eigenvalue weighted by atomic mass is 19.3. The van der Waals surface area contributed by atoms with Crippen LogP contribution in [0.4, 0.5) is 8.78 Å². The van der Waals surface area contributed by atoms with Crippen LogP contribution in [0.5, 0.6) is 0 Å². The molecular formula is C13H18F2N2. The molecule has 0 radical (unpaired) electrons. The number of hydrogen-bond donors (Lipinski definition) is 1. The van der Waals surface area contributed by atoms with Gasteiger partial charge in [-0.25, -0.2) is 8.78 Å². The summed E-state index contributed by atoms with van der Waals surface area (Å²) in [5.41, 5.74) is 7.09. The van der Waals surface area contributed by atoms with Gasteiger partial charge in [0.1, 0.15) is 0 Å². The standard InChI is InChI=1S/C13H18F2N2/c1-9-6-17(8-12(9)16)7-10-2-4-11(5-3-10)13(14)15/h2-5,9,12-13H,6-8,16H2,1H3. The lowest BCUT2D eigenvalue weighted by atomic mass is 10.1. The van der Waals surface area contributed by atoms with Gasteiger partial charge in [-0.15, -0.1) is 0 Å². The van der Waals surface area contributed by atoms with Crippen LogP contribution in [-0.2, 0) is 6.54 Å². The van der Waals surface area contributed by atoms with Crippen molar-refractivity contribution in [2.75, 3.05) is 13.1 Å². The van der Waals surface area contributed by atoms with Crippen LogP contribution >= 0.6 is 0 Å². The van der Waals surface area contributed by atoms with Crippen LogP contribution in [0.3, 0.4) is 0 Å². The smallest absolute Gasteiger partial charge is 0.263 e. The van der Waals surface area contributed by atoms with Crippen molar-refractivity contribution in [2.24, 2.45) is 11.7 Å². The van der Waals surface area contributed by atoms with Crippen LogP contribution in [0.2, 0.25) is 0 Å². The molecule has 0 aromatic heterocycles. The Morgan fingerprint density at radius 2 is 1.94 bits per heavy atom. The number of nitrogens with zero attached hydrogens (tertiary/aromatic N) is 1. The summed E-state index contributed by atoms with van der Waals surface area (Å²) in [5.74, 6) is 0.510. The quantitative estimate of drug-likeness (QED) is 0.879. The first-order valence-corrected chi connectivity index (χ1v) is 5.91. The molecule has 0 amide bonds. The molecule has 0 saturated carbocycles. The molecule has 17 heavy (non-hydrogen) atoms. The van der Waals surface area contributed by atoms with Crippen molar-refractivity contribution in [3.63, 3.8) is 0 Å². The van der Waals surface area contributed by atoms with Gasteiger partial charge in [0.15, 0.2) is 0 Å². The fourth-order valence-corrected chi connectivity index (χ4v) is 2.25. The molecule has 4 heteroatoms. The van der Waals surface area contributed by atoms with Crippen molar-refractivity contribution in [2.45, 2.75) is 25.9 Å². The van der Waals surface area contributed by atoms with Gasteiger partial charge in [0.2, 0.25) is 0 Å². The van der Waals surface area contributed by atoms with E-state index in [1.165, 1.54) is 12.1 Å². The van der Waals surface area contributed by atoms with E-state index in [0.29, 0.717) is 5.92 Å². The predicted octanol–water partition coefficient (Wildman–Crippen LogP) is 2.40. The Labute approximate surface area is 100 Å². The molecule has 1 aromatic rings. The van der Waals surface area contributed by atoms with Gasteiger partial charge in [-0.3, -0.25) is 4.90 Å². The molecule has 2 N–H and O–H groups in total. The number of halogens is 2. The van der Waals surface area contributed by atoms with E-state index in [2.05, 4.69) is 11.8 Å². The molecule has 2 nitrogen and oxygen atoms in total. The van der Waals surface area contributed by atoms with Crippen LogP contribution in [0.25, 0.3) is 0 Å². The summed E-state index contributed by atoms with van der Waals surface area (Å²) in [7, 11) is 0. The summed E-state index contributed by atoms with van der Waals surface area (Å²) >= 11 is 0. The van der Waals surface area contributed by atoms with E-state index in [4.69, 9.17) is 5.73 Å². The highest BCUT2D eigenvalue weighted by Crippen LogP contribution is 2.21. The van der Waals surface area contributed by atoms with E-state index in [0.717, 1.165) is 25.2 Å². The molecule has 1 aliphatic rings. The van der Waals surface area contributed by atoms with E-state index in [9.17, 15) is 8.78 Å². The Morgan fingerprint density at radius 3 is 2.41 bits per heavy atom. The fourth-order valence-electron chi connectivity index (χ4n) is 2.25. The molecule has 0 spiro atoms. The summed E-state index contributed by atoms with van der Waals surface area (Å²) in [4.78, 5) is 2.27. The first-order valence-electron chi connectivity index (χ1n) is 5.91. The van der Waals surface area contributed by atoms with E-state index >= 15 is 0 Å². The maximum Gasteiger partial charge on any atom is 0.263 e. The van der Waals surface area contributed by atoms with E-state index < -0.39 is 6.43 Å². The number of alkyl halides is 2. The maximum absolute atomic E-state index is 12.4. The van der Waals surface area contributed by atoms with Crippen molar-refractivity contribution in [3.8, 4) is 0 Å². The topological polar surface area (TPSA) is 29.3 Å². The summed E-state index contributed by atoms with van der Waals surface area (Å²) < 4.78 is 24.8. The van der Waals surface area contributed by atoms with Gasteiger partial charge in [-0.1, -0.05) is 31.2 Å². The first-order chi connectivity index (χ1) is 8.06. The van der Waals surface area contributed by atoms with Crippen molar-refractivity contribution in [1.82, 2.24) is 4.90 Å². The van der Waals surface area contributed by atoms with Gasteiger partial charge in [0.25, 0.3) is 6.43 Å². The predicted molar refractivity (Wildman–Crippen MR) is 63.8 cm³/mol. The molecule has 1 heterocycles. The zero-order valence-corrected chi connectivity index (χ0v) is 9.94. The summed E-state index contributed by atoms with van der Waals surface area (Å²) in [6.45, 7) is 4.81. The van der Waals surface area contributed by atoms with Crippen LogP contribution in [0.1, 0.15) is 24.5 Å². The molecule has 2 unspecified atom stereocenters. The third kappa shape index (κ3) is 3.01. The lowest BCUT2D eigenvalue weighted by Crippen LogP contribution is -2.28. The Hall–Kier alpha value is -1.00. The number of hydrogen-bond acceptors (Lipinski definition) is 2. The second kappa shape index (κ2) is 5.10. The van der Waals surface area contributed by atoms with Crippen molar-refractivity contribution in [1.29, 1.82) is 0 Å². The third-order valence-corrected chi connectivity index (χ3v) is 3.38. The molecule has 1 fully saturated rings. The van der Waals surface area contributed by atoms with E-state index in [1.807, 2.05) is 0 Å².